The van der Waals surface area contributed by atoms with E-state index in [4.69, 9.17) is 0 Å². The quantitative estimate of drug-likeness (QED) is 0.108. The number of anilines is 3. The zero-order valence-electron chi connectivity index (χ0n) is 38.1. The molecule has 9 rings (SSSR count). The molecule has 9 aromatic rings. The zero-order chi connectivity index (χ0) is 47.0. The summed E-state index contributed by atoms with van der Waals surface area (Å²) in [7, 11) is 0. The van der Waals surface area contributed by atoms with Crippen LogP contribution in [0.25, 0.3) is 72.0 Å². The van der Waals surface area contributed by atoms with E-state index in [1.165, 1.54) is 0 Å². The molecule has 0 aliphatic rings. The first-order chi connectivity index (χ1) is 33.5. The third kappa shape index (κ3) is 8.67. The Bertz CT molecular complexity index is 3410. The van der Waals surface area contributed by atoms with Gasteiger partial charge in [-0.2, -0.15) is 10.5 Å². The van der Waals surface area contributed by atoms with Gasteiger partial charge in [0, 0.05) is 27.8 Å². The first-order valence-electron chi connectivity index (χ1n) is 22.7. The molecule has 1 aromatic heterocycles. The van der Waals surface area contributed by atoms with Gasteiger partial charge in [0.2, 0.25) is 0 Å². The minimum absolute atomic E-state index is 0.400. The van der Waals surface area contributed by atoms with Gasteiger partial charge in [0.1, 0.15) is 12.1 Å². The van der Waals surface area contributed by atoms with E-state index in [1.807, 2.05) is 74.6 Å². The maximum absolute atomic E-state index is 10.9. The largest absolute Gasteiger partial charge is 0.311 e. The summed E-state index contributed by atoms with van der Waals surface area (Å²) in [5.74, 6) is 0. The Kier molecular flexibility index (Phi) is 12.9. The average molecular weight is 873 g/mol. The van der Waals surface area contributed by atoms with E-state index in [9.17, 15) is 10.5 Å². The van der Waals surface area contributed by atoms with Crippen LogP contribution in [0.1, 0.15) is 36.1 Å². The number of fused-ring (bicyclic) bond motifs is 3. The first kappa shape index (κ1) is 44.0. The summed E-state index contributed by atoms with van der Waals surface area (Å²) in [6.07, 6.45) is 15.7. The number of allylic oxidation sites excluding steroid dienone is 10. The lowest BCUT2D eigenvalue weighted by Gasteiger charge is -2.26. The standard InChI is InChI=1S/C64H48N4/c1-5-9-17-45(7-3)52-29-37-62-60(41-52)61-42-53(46(8-4)18-10-6-2)30-38-63(61)68(62)64-55(43-65)39-54(40-56(64)44-66)51-27-35-59(36-28-51)67(57-31-23-49(24-32-57)47-19-13-11-14-20-47)58-33-25-50(26-34-58)48-21-15-12-16-22-48/h5-42H,1,4H2,2-3H3/b10-6-,17-9-,45-7+,46-18+. The molecule has 0 saturated carbocycles. The van der Waals surface area contributed by atoms with Gasteiger partial charge < -0.3 is 9.47 Å². The summed E-state index contributed by atoms with van der Waals surface area (Å²) in [6.45, 7) is 12.0. The minimum Gasteiger partial charge on any atom is -0.311 e. The predicted molar refractivity (Wildman–Crippen MR) is 287 cm³/mol. The van der Waals surface area contributed by atoms with Gasteiger partial charge >= 0.3 is 0 Å². The van der Waals surface area contributed by atoms with E-state index in [1.54, 1.807) is 6.08 Å². The second-order valence-corrected chi connectivity index (χ2v) is 16.3. The molecule has 8 aromatic carbocycles. The van der Waals surface area contributed by atoms with Crippen molar-refractivity contribution in [2.75, 3.05) is 4.90 Å². The second-order valence-electron chi connectivity index (χ2n) is 16.3. The second kappa shape index (κ2) is 19.9. The van der Waals surface area contributed by atoms with E-state index < -0.39 is 0 Å². The highest BCUT2D eigenvalue weighted by molar-refractivity contribution is 6.11. The fourth-order valence-electron chi connectivity index (χ4n) is 8.97. The normalized spacial score (nSPS) is 11.8. The van der Waals surface area contributed by atoms with Crippen LogP contribution in [0.5, 0.6) is 0 Å². The Morgan fingerprint density at radius 3 is 1.35 bits per heavy atom. The van der Waals surface area contributed by atoms with E-state index in [0.717, 1.165) is 94.5 Å². The summed E-state index contributed by atoms with van der Waals surface area (Å²) in [5.41, 5.74) is 16.5. The molecule has 324 valence electrons. The number of hydrogen-bond donors (Lipinski definition) is 0. The summed E-state index contributed by atoms with van der Waals surface area (Å²) < 4.78 is 2.07. The SMILES string of the molecule is C=C/C=C\C(=C/C)c1ccc2c(c1)c1cc(/C(C=C)=C/C=C\C)ccc1n2-c1c(C#N)cc(-c2ccc(N(c3ccc(-c4ccccc4)cc3)c3ccc(-c4ccccc4)cc3)cc2)cc1C#N. The molecule has 0 amide bonds. The minimum atomic E-state index is 0.400. The molecular weight excluding hydrogens is 825 g/mol. The molecule has 0 radical (unpaired) electrons. The topological polar surface area (TPSA) is 55.8 Å². The predicted octanol–water partition coefficient (Wildman–Crippen LogP) is 17.3. The molecule has 0 fully saturated rings. The van der Waals surface area contributed by atoms with Crippen molar-refractivity contribution in [2.24, 2.45) is 0 Å². The molecule has 0 aliphatic carbocycles. The zero-order valence-corrected chi connectivity index (χ0v) is 38.1. The lowest BCUT2D eigenvalue weighted by molar-refractivity contribution is 1.15. The molecule has 0 spiro atoms. The molecule has 0 bridgehead atoms. The Hall–Kier alpha value is -9.22. The molecule has 4 nitrogen and oxygen atoms in total. The van der Waals surface area contributed by atoms with Gasteiger partial charge in [0.05, 0.1) is 27.8 Å². The van der Waals surface area contributed by atoms with Crippen molar-refractivity contribution in [2.45, 2.75) is 13.8 Å². The van der Waals surface area contributed by atoms with E-state index in [0.29, 0.717) is 16.8 Å². The van der Waals surface area contributed by atoms with Crippen LogP contribution in [0.15, 0.2) is 244 Å². The van der Waals surface area contributed by atoms with Crippen LogP contribution in [0.3, 0.4) is 0 Å². The molecule has 0 N–H and O–H groups in total. The van der Waals surface area contributed by atoms with Crippen molar-refractivity contribution in [1.82, 2.24) is 4.57 Å². The van der Waals surface area contributed by atoms with Crippen molar-refractivity contribution in [1.29, 1.82) is 10.5 Å². The van der Waals surface area contributed by atoms with Gasteiger partial charge in [0.15, 0.2) is 0 Å². The van der Waals surface area contributed by atoms with Crippen LogP contribution < -0.4 is 4.90 Å². The molecule has 0 aliphatic heterocycles. The van der Waals surface area contributed by atoms with E-state index in [2.05, 4.69) is 199 Å². The van der Waals surface area contributed by atoms with Crippen LogP contribution in [0.2, 0.25) is 0 Å². The van der Waals surface area contributed by atoms with Gasteiger partial charge in [-0.05, 0) is 142 Å². The van der Waals surface area contributed by atoms with E-state index >= 15 is 0 Å². The van der Waals surface area contributed by atoms with Gasteiger partial charge in [-0.25, -0.2) is 0 Å². The molecular formula is C64H48N4. The lowest BCUT2D eigenvalue weighted by atomic mass is 9.97. The molecule has 1 heterocycles. The molecule has 68 heavy (non-hydrogen) atoms. The number of benzene rings is 8. The number of aromatic nitrogens is 1. The highest BCUT2D eigenvalue weighted by atomic mass is 15.1. The third-order valence-corrected chi connectivity index (χ3v) is 12.3. The number of rotatable bonds is 13. The summed E-state index contributed by atoms with van der Waals surface area (Å²) in [4.78, 5) is 2.25. The van der Waals surface area contributed by atoms with Crippen LogP contribution >= 0.6 is 0 Å². The monoisotopic (exact) mass is 872 g/mol. The highest BCUT2D eigenvalue weighted by Crippen LogP contribution is 2.41. The van der Waals surface area contributed by atoms with Crippen molar-refractivity contribution in [3.8, 4) is 51.2 Å². The average Bonchev–Trinajstić information content (AvgIpc) is 3.72. The van der Waals surface area contributed by atoms with Crippen LogP contribution in [0, 0.1) is 22.7 Å². The smallest absolute Gasteiger partial charge is 0.101 e. The van der Waals surface area contributed by atoms with Gasteiger partial charge in [-0.1, -0.05) is 171 Å². The highest BCUT2D eigenvalue weighted by Gasteiger charge is 2.22. The van der Waals surface area contributed by atoms with E-state index in [-0.39, 0.29) is 0 Å². The Morgan fingerprint density at radius 1 is 0.500 bits per heavy atom. The fourth-order valence-corrected chi connectivity index (χ4v) is 8.97. The van der Waals surface area contributed by atoms with Crippen molar-refractivity contribution in [3.63, 3.8) is 0 Å². The first-order valence-corrected chi connectivity index (χ1v) is 22.7. The Labute approximate surface area is 399 Å². The summed E-state index contributed by atoms with van der Waals surface area (Å²) >= 11 is 0. The number of nitrogens with zero attached hydrogens (tertiary/aromatic N) is 4. The van der Waals surface area contributed by atoms with Crippen molar-refractivity contribution in [3.05, 3.63) is 266 Å². The van der Waals surface area contributed by atoms with Crippen LogP contribution in [0.4, 0.5) is 17.1 Å². The van der Waals surface area contributed by atoms with Gasteiger partial charge in [-0.3, -0.25) is 0 Å². The lowest BCUT2D eigenvalue weighted by Crippen LogP contribution is -2.09. The molecule has 0 unspecified atom stereocenters. The summed E-state index contributed by atoms with van der Waals surface area (Å²) in [5, 5.41) is 23.9. The van der Waals surface area contributed by atoms with Gasteiger partial charge in [-0.15, -0.1) is 0 Å². The number of nitriles is 2. The fraction of sp³-hybridized carbons (Fsp3) is 0.0312. The van der Waals surface area contributed by atoms with Gasteiger partial charge in [0.25, 0.3) is 0 Å². The van der Waals surface area contributed by atoms with Crippen LogP contribution in [-0.4, -0.2) is 4.57 Å². The Morgan fingerprint density at radius 2 is 0.941 bits per heavy atom. The third-order valence-electron chi connectivity index (χ3n) is 12.3. The molecule has 0 saturated heterocycles. The maximum Gasteiger partial charge on any atom is 0.101 e. The molecule has 0 atom stereocenters. The van der Waals surface area contributed by atoms with Crippen molar-refractivity contribution >= 4 is 50.0 Å². The Balaban J connectivity index is 1.15. The van der Waals surface area contributed by atoms with Crippen LogP contribution in [-0.2, 0) is 0 Å². The maximum atomic E-state index is 10.9. The summed E-state index contributed by atoms with van der Waals surface area (Å²) in [6, 6.07) is 67.9. The number of hydrogen-bond acceptors (Lipinski definition) is 3. The molecule has 4 heteroatoms. The van der Waals surface area contributed by atoms with Crippen molar-refractivity contribution < 1.29 is 0 Å².